The van der Waals surface area contributed by atoms with Gasteiger partial charge < -0.3 is 10.1 Å². The second-order valence-electron chi connectivity index (χ2n) is 6.53. The van der Waals surface area contributed by atoms with E-state index in [1.165, 1.54) is 11.8 Å². The van der Waals surface area contributed by atoms with Crippen molar-refractivity contribution in [2.24, 2.45) is 0 Å². The Labute approximate surface area is 175 Å². The molecule has 0 radical (unpaired) electrons. The van der Waals surface area contributed by atoms with Crippen molar-refractivity contribution >= 4 is 23.6 Å². The Hall–Kier alpha value is -3.05. The molecule has 29 heavy (non-hydrogen) atoms. The Kier molecular flexibility index (Phi) is 7.47. The third kappa shape index (κ3) is 6.22. The molecular weight excluding hydrogens is 382 g/mol. The van der Waals surface area contributed by atoms with E-state index in [2.05, 4.69) is 5.32 Å². The molecule has 3 rings (SSSR count). The van der Waals surface area contributed by atoms with Gasteiger partial charge in [0, 0.05) is 4.90 Å². The summed E-state index contributed by atoms with van der Waals surface area (Å²) in [6, 6.07) is 28.6. The Bertz CT molecular complexity index is 917. The van der Waals surface area contributed by atoms with E-state index >= 15 is 0 Å². The van der Waals surface area contributed by atoms with Crippen LogP contribution in [0.1, 0.15) is 29.3 Å². The van der Waals surface area contributed by atoms with Crippen molar-refractivity contribution in [2.75, 3.05) is 6.61 Å². The number of esters is 1. The van der Waals surface area contributed by atoms with Crippen molar-refractivity contribution in [1.82, 2.24) is 5.32 Å². The first-order valence-corrected chi connectivity index (χ1v) is 10.3. The highest BCUT2D eigenvalue weighted by atomic mass is 32.2. The summed E-state index contributed by atoms with van der Waals surface area (Å²) in [5.41, 5.74) is 1.83. The first kappa shape index (κ1) is 20.7. The van der Waals surface area contributed by atoms with Gasteiger partial charge in [-0.15, -0.1) is 11.8 Å². The standard InChI is InChI=1S/C24H23NO3S/c1-18(19-11-5-2-6-12-19)25-22(26)17-28-24(27)23(20-13-7-3-8-14-20)29-21-15-9-4-10-16-21/h2-16,18,23H,17H2,1H3,(H,25,26)/t18-,23+/m1/s1. The number of carbonyl (C=O) groups is 2. The molecule has 0 aliphatic heterocycles. The van der Waals surface area contributed by atoms with Crippen LogP contribution in [-0.2, 0) is 14.3 Å². The number of hydrogen-bond donors (Lipinski definition) is 1. The predicted octanol–water partition coefficient (Wildman–Crippen LogP) is 4.94. The van der Waals surface area contributed by atoms with E-state index in [1.54, 1.807) is 0 Å². The van der Waals surface area contributed by atoms with E-state index in [-0.39, 0.29) is 18.6 Å². The molecule has 0 saturated heterocycles. The number of rotatable bonds is 8. The molecule has 5 heteroatoms. The van der Waals surface area contributed by atoms with E-state index < -0.39 is 11.2 Å². The monoisotopic (exact) mass is 405 g/mol. The van der Waals surface area contributed by atoms with Gasteiger partial charge in [0.1, 0.15) is 5.25 Å². The highest BCUT2D eigenvalue weighted by Crippen LogP contribution is 2.36. The minimum absolute atomic E-state index is 0.161. The lowest BCUT2D eigenvalue weighted by atomic mass is 10.1. The number of thioether (sulfide) groups is 1. The molecule has 0 spiro atoms. The quantitative estimate of drug-likeness (QED) is 0.426. The summed E-state index contributed by atoms with van der Waals surface area (Å²) in [6.45, 7) is 1.59. The number of carbonyl (C=O) groups excluding carboxylic acids is 2. The molecule has 0 bridgehead atoms. The first-order chi connectivity index (χ1) is 14.1. The van der Waals surface area contributed by atoms with Crippen molar-refractivity contribution in [1.29, 1.82) is 0 Å². The van der Waals surface area contributed by atoms with Crippen LogP contribution in [0.3, 0.4) is 0 Å². The van der Waals surface area contributed by atoms with Crippen molar-refractivity contribution in [3.8, 4) is 0 Å². The third-order valence-corrected chi connectivity index (χ3v) is 5.58. The fraction of sp³-hybridized carbons (Fsp3) is 0.167. The highest BCUT2D eigenvalue weighted by molar-refractivity contribution is 8.00. The molecular formula is C24H23NO3S. The van der Waals surface area contributed by atoms with Gasteiger partial charge in [-0.25, -0.2) is 0 Å². The largest absolute Gasteiger partial charge is 0.454 e. The third-order valence-electron chi connectivity index (χ3n) is 4.34. The predicted molar refractivity (Wildman–Crippen MR) is 115 cm³/mol. The van der Waals surface area contributed by atoms with Crippen LogP contribution in [0.4, 0.5) is 0 Å². The van der Waals surface area contributed by atoms with Crippen molar-refractivity contribution in [2.45, 2.75) is 23.1 Å². The molecule has 3 aromatic carbocycles. The van der Waals surface area contributed by atoms with Crippen molar-refractivity contribution < 1.29 is 14.3 Å². The fourth-order valence-electron chi connectivity index (χ4n) is 2.84. The molecule has 0 saturated carbocycles. The highest BCUT2D eigenvalue weighted by Gasteiger charge is 2.24. The zero-order valence-corrected chi connectivity index (χ0v) is 17.0. The van der Waals surface area contributed by atoms with E-state index in [9.17, 15) is 9.59 Å². The Morgan fingerprint density at radius 3 is 1.93 bits per heavy atom. The van der Waals surface area contributed by atoms with Gasteiger partial charge >= 0.3 is 5.97 Å². The topological polar surface area (TPSA) is 55.4 Å². The van der Waals surface area contributed by atoms with Crippen LogP contribution in [0, 0.1) is 0 Å². The molecule has 2 atom stereocenters. The molecule has 0 aliphatic rings. The van der Waals surface area contributed by atoms with E-state index in [1.807, 2.05) is 97.9 Å². The van der Waals surface area contributed by atoms with Gasteiger partial charge in [0.25, 0.3) is 5.91 Å². The molecule has 148 valence electrons. The second kappa shape index (κ2) is 10.5. The molecule has 0 unspecified atom stereocenters. The van der Waals surface area contributed by atoms with Crippen LogP contribution in [0.15, 0.2) is 95.9 Å². The van der Waals surface area contributed by atoms with Crippen LogP contribution in [0.25, 0.3) is 0 Å². The summed E-state index contributed by atoms with van der Waals surface area (Å²) >= 11 is 1.41. The lowest BCUT2D eigenvalue weighted by Gasteiger charge is -2.17. The zero-order chi connectivity index (χ0) is 20.5. The molecule has 1 N–H and O–H groups in total. The molecule has 0 heterocycles. The van der Waals surface area contributed by atoms with Crippen LogP contribution >= 0.6 is 11.8 Å². The first-order valence-electron chi connectivity index (χ1n) is 9.41. The van der Waals surface area contributed by atoms with Crippen molar-refractivity contribution in [3.63, 3.8) is 0 Å². The van der Waals surface area contributed by atoms with E-state index in [0.717, 1.165) is 16.0 Å². The number of amides is 1. The van der Waals surface area contributed by atoms with Crippen LogP contribution in [0.2, 0.25) is 0 Å². The van der Waals surface area contributed by atoms with Gasteiger partial charge in [0.15, 0.2) is 6.61 Å². The average Bonchev–Trinajstić information content (AvgIpc) is 2.77. The minimum Gasteiger partial charge on any atom is -0.454 e. The van der Waals surface area contributed by atoms with Gasteiger partial charge in [0.2, 0.25) is 0 Å². The number of benzene rings is 3. The summed E-state index contributed by atoms with van der Waals surface area (Å²) in [5.74, 6) is -0.765. The smallest absolute Gasteiger partial charge is 0.324 e. The Balaban J connectivity index is 1.61. The van der Waals surface area contributed by atoms with Gasteiger partial charge in [0.05, 0.1) is 6.04 Å². The maximum absolute atomic E-state index is 12.8. The lowest BCUT2D eigenvalue weighted by molar-refractivity contribution is -0.148. The van der Waals surface area contributed by atoms with Crippen LogP contribution in [-0.4, -0.2) is 18.5 Å². The number of hydrogen-bond acceptors (Lipinski definition) is 4. The van der Waals surface area contributed by atoms with Gasteiger partial charge in [-0.1, -0.05) is 78.9 Å². The Morgan fingerprint density at radius 1 is 0.828 bits per heavy atom. The Morgan fingerprint density at radius 2 is 1.34 bits per heavy atom. The molecule has 0 fully saturated rings. The summed E-state index contributed by atoms with van der Waals surface area (Å²) < 4.78 is 5.36. The summed E-state index contributed by atoms with van der Waals surface area (Å²) in [6.07, 6.45) is 0. The van der Waals surface area contributed by atoms with Crippen molar-refractivity contribution in [3.05, 3.63) is 102 Å². The SMILES string of the molecule is C[C@@H](NC(=O)COC(=O)[C@@H](Sc1ccccc1)c1ccccc1)c1ccccc1. The van der Waals surface area contributed by atoms with Crippen LogP contribution in [0.5, 0.6) is 0 Å². The molecule has 0 aliphatic carbocycles. The number of ether oxygens (including phenoxy) is 1. The molecule has 0 aromatic heterocycles. The average molecular weight is 406 g/mol. The van der Waals surface area contributed by atoms with Gasteiger partial charge in [-0.2, -0.15) is 0 Å². The zero-order valence-electron chi connectivity index (χ0n) is 16.2. The molecule has 3 aromatic rings. The molecule has 4 nitrogen and oxygen atoms in total. The number of nitrogens with one attached hydrogen (secondary N) is 1. The van der Waals surface area contributed by atoms with Crippen LogP contribution < -0.4 is 5.32 Å². The summed E-state index contributed by atoms with van der Waals surface area (Å²) in [5, 5.41) is 2.31. The second-order valence-corrected chi connectivity index (χ2v) is 7.71. The normalized spacial score (nSPS) is 12.6. The van der Waals surface area contributed by atoms with E-state index in [4.69, 9.17) is 4.74 Å². The molecule has 1 amide bonds. The lowest BCUT2D eigenvalue weighted by Crippen LogP contribution is -2.31. The minimum atomic E-state index is -0.544. The summed E-state index contributed by atoms with van der Waals surface area (Å²) in [4.78, 5) is 26.0. The maximum atomic E-state index is 12.8. The maximum Gasteiger partial charge on any atom is 0.324 e. The van der Waals surface area contributed by atoms with E-state index in [0.29, 0.717) is 0 Å². The van der Waals surface area contributed by atoms with Gasteiger partial charge in [-0.05, 0) is 30.2 Å². The summed E-state index contributed by atoms with van der Waals surface area (Å²) in [7, 11) is 0. The van der Waals surface area contributed by atoms with Gasteiger partial charge in [-0.3, -0.25) is 9.59 Å². The fourth-order valence-corrected chi connectivity index (χ4v) is 3.88.